The van der Waals surface area contributed by atoms with E-state index in [0.29, 0.717) is 11.6 Å². The van der Waals surface area contributed by atoms with E-state index in [1.54, 1.807) is 13.2 Å². The van der Waals surface area contributed by atoms with Gasteiger partial charge in [0.1, 0.15) is 12.0 Å². The molecule has 1 N–H and O–H groups in total. The monoisotopic (exact) mass is 300 g/mol. The molecule has 3 rings (SSSR count). The summed E-state index contributed by atoms with van der Waals surface area (Å²) in [7, 11) is 1.66. The van der Waals surface area contributed by atoms with Gasteiger partial charge >= 0.3 is 0 Å². The molecule has 1 aliphatic rings. The fourth-order valence-electron chi connectivity index (χ4n) is 2.64. The van der Waals surface area contributed by atoms with Crippen molar-refractivity contribution >= 4 is 5.91 Å². The maximum absolute atomic E-state index is 12.1. The van der Waals surface area contributed by atoms with Crippen molar-refractivity contribution < 1.29 is 14.1 Å². The number of benzene rings is 1. The highest BCUT2D eigenvalue weighted by Crippen LogP contribution is 2.34. The van der Waals surface area contributed by atoms with Crippen molar-refractivity contribution in [3.05, 3.63) is 47.9 Å². The summed E-state index contributed by atoms with van der Waals surface area (Å²) in [5.74, 6) is 1.42. The Morgan fingerprint density at radius 3 is 3.00 bits per heavy atom. The van der Waals surface area contributed by atoms with E-state index >= 15 is 0 Å². The van der Waals surface area contributed by atoms with Crippen molar-refractivity contribution in [2.24, 2.45) is 5.92 Å². The molecule has 1 aliphatic carbocycles. The molecule has 0 aliphatic heterocycles. The van der Waals surface area contributed by atoms with Gasteiger partial charge in [-0.1, -0.05) is 17.3 Å². The summed E-state index contributed by atoms with van der Waals surface area (Å²) in [5.41, 5.74) is 1.84. The van der Waals surface area contributed by atoms with Crippen molar-refractivity contribution in [2.45, 2.75) is 31.7 Å². The number of aromatic nitrogens is 1. The third kappa shape index (κ3) is 3.87. The Hall–Kier alpha value is -2.30. The van der Waals surface area contributed by atoms with Crippen LogP contribution >= 0.6 is 0 Å². The first-order valence-corrected chi connectivity index (χ1v) is 7.56. The van der Waals surface area contributed by atoms with Gasteiger partial charge in [-0.2, -0.15) is 0 Å². The summed E-state index contributed by atoms with van der Waals surface area (Å²) < 4.78 is 10.0. The number of carbonyl (C=O) groups is 1. The van der Waals surface area contributed by atoms with Crippen molar-refractivity contribution in [2.75, 3.05) is 7.11 Å². The smallest absolute Gasteiger partial charge is 0.226 e. The standard InChI is InChI=1S/C17H20N2O3/c1-21-15-4-2-3-12(9-15)10-16(13-5-6-13)18-17(20)11-14-7-8-22-19-14/h2-4,7-9,13,16H,5-6,10-11H2,1H3,(H,18,20)/t16-/m0/s1. The number of ether oxygens (including phenoxy) is 1. The fraction of sp³-hybridized carbons (Fsp3) is 0.412. The number of nitrogens with zero attached hydrogens (tertiary/aromatic N) is 1. The first-order valence-electron chi connectivity index (χ1n) is 7.56. The normalized spacial score (nSPS) is 15.3. The number of hydrogen-bond donors (Lipinski definition) is 1. The fourth-order valence-corrected chi connectivity index (χ4v) is 2.64. The van der Waals surface area contributed by atoms with Gasteiger partial charge in [0.25, 0.3) is 0 Å². The molecule has 0 spiro atoms. The lowest BCUT2D eigenvalue weighted by Gasteiger charge is -2.18. The van der Waals surface area contributed by atoms with E-state index in [9.17, 15) is 4.79 Å². The van der Waals surface area contributed by atoms with E-state index in [1.165, 1.54) is 24.7 Å². The summed E-state index contributed by atoms with van der Waals surface area (Å²) in [6.07, 6.45) is 4.93. The van der Waals surface area contributed by atoms with E-state index in [2.05, 4.69) is 16.5 Å². The molecular formula is C17H20N2O3. The minimum absolute atomic E-state index is 0.00584. The molecule has 116 valence electrons. The summed E-state index contributed by atoms with van der Waals surface area (Å²) in [6, 6.07) is 9.90. The van der Waals surface area contributed by atoms with E-state index in [4.69, 9.17) is 9.26 Å². The van der Waals surface area contributed by atoms with Crippen LogP contribution in [0.4, 0.5) is 0 Å². The average molecular weight is 300 g/mol. The lowest BCUT2D eigenvalue weighted by atomic mass is 10.0. The van der Waals surface area contributed by atoms with Crippen molar-refractivity contribution in [3.63, 3.8) is 0 Å². The molecule has 1 atom stereocenters. The molecule has 5 nitrogen and oxygen atoms in total. The highest BCUT2D eigenvalue weighted by molar-refractivity contribution is 5.78. The molecule has 1 heterocycles. The van der Waals surface area contributed by atoms with Crippen LogP contribution in [0, 0.1) is 5.92 Å². The quantitative estimate of drug-likeness (QED) is 0.852. The lowest BCUT2D eigenvalue weighted by Crippen LogP contribution is -2.39. The van der Waals surface area contributed by atoms with Gasteiger partial charge in [-0.3, -0.25) is 4.79 Å². The van der Waals surface area contributed by atoms with Gasteiger partial charge < -0.3 is 14.6 Å². The van der Waals surface area contributed by atoms with Gasteiger partial charge in [0.2, 0.25) is 5.91 Å². The number of hydrogen-bond acceptors (Lipinski definition) is 4. The molecule has 0 bridgehead atoms. The van der Waals surface area contributed by atoms with Crippen LogP contribution in [0.5, 0.6) is 5.75 Å². The Morgan fingerprint density at radius 2 is 2.32 bits per heavy atom. The second-order valence-corrected chi connectivity index (χ2v) is 5.73. The number of nitrogens with one attached hydrogen (secondary N) is 1. The van der Waals surface area contributed by atoms with Crippen LogP contribution in [-0.2, 0) is 17.6 Å². The highest BCUT2D eigenvalue weighted by Gasteiger charge is 2.32. The van der Waals surface area contributed by atoms with Crippen molar-refractivity contribution in [1.82, 2.24) is 10.5 Å². The van der Waals surface area contributed by atoms with Crippen LogP contribution in [0.2, 0.25) is 0 Å². The summed E-state index contributed by atoms with van der Waals surface area (Å²) in [6.45, 7) is 0. The van der Waals surface area contributed by atoms with Crippen LogP contribution in [0.1, 0.15) is 24.1 Å². The van der Waals surface area contributed by atoms with Gasteiger partial charge in [-0.05, 0) is 42.9 Å². The molecule has 0 saturated heterocycles. The van der Waals surface area contributed by atoms with Gasteiger partial charge in [0.15, 0.2) is 0 Å². The Morgan fingerprint density at radius 1 is 1.45 bits per heavy atom. The Kier molecular flexibility index (Phi) is 4.42. The number of amides is 1. The topological polar surface area (TPSA) is 64.4 Å². The van der Waals surface area contributed by atoms with E-state index in [1.807, 2.05) is 18.2 Å². The molecule has 1 aromatic carbocycles. The average Bonchev–Trinajstić information content (AvgIpc) is 3.25. The second kappa shape index (κ2) is 6.64. The maximum atomic E-state index is 12.1. The van der Waals surface area contributed by atoms with E-state index < -0.39 is 0 Å². The number of carbonyl (C=O) groups excluding carboxylic acids is 1. The predicted molar refractivity (Wildman–Crippen MR) is 81.6 cm³/mol. The minimum atomic E-state index is -0.00584. The van der Waals surface area contributed by atoms with Crippen LogP contribution in [0.15, 0.2) is 41.1 Å². The van der Waals surface area contributed by atoms with Gasteiger partial charge in [-0.15, -0.1) is 0 Å². The van der Waals surface area contributed by atoms with Gasteiger partial charge in [0.05, 0.1) is 19.2 Å². The Bertz CT molecular complexity index is 621. The molecule has 22 heavy (non-hydrogen) atoms. The molecule has 2 aromatic rings. The third-order valence-electron chi connectivity index (χ3n) is 3.96. The first-order chi connectivity index (χ1) is 10.7. The molecule has 5 heteroatoms. The maximum Gasteiger partial charge on any atom is 0.226 e. The van der Waals surface area contributed by atoms with Crippen LogP contribution in [0.3, 0.4) is 0 Å². The first kappa shape index (κ1) is 14.6. The zero-order valence-electron chi connectivity index (χ0n) is 12.6. The minimum Gasteiger partial charge on any atom is -0.497 e. The largest absolute Gasteiger partial charge is 0.497 e. The third-order valence-corrected chi connectivity index (χ3v) is 3.96. The van der Waals surface area contributed by atoms with Gasteiger partial charge in [0, 0.05) is 12.1 Å². The Balaban J connectivity index is 1.61. The SMILES string of the molecule is COc1cccc(C[C@H](NC(=O)Cc2ccon2)C2CC2)c1. The van der Waals surface area contributed by atoms with Gasteiger partial charge in [-0.25, -0.2) is 0 Å². The number of rotatable bonds is 7. The zero-order valence-corrected chi connectivity index (χ0v) is 12.6. The molecule has 0 radical (unpaired) electrons. The van der Waals surface area contributed by atoms with Crippen LogP contribution in [-0.4, -0.2) is 24.2 Å². The van der Waals surface area contributed by atoms with Crippen molar-refractivity contribution in [1.29, 1.82) is 0 Å². The molecule has 0 unspecified atom stereocenters. The van der Waals surface area contributed by atoms with E-state index in [0.717, 1.165) is 12.2 Å². The van der Waals surface area contributed by atoms with Crippen LogP contribution in [0.25, 0.3) is 0 Å². The predicted octanol–water partition coefficient (Wildman–Crippen LogP) is 2.36. The van der Waals surface area contributed by atoms with Crippen LogP contribution < -0.4 is 10.1 Å². The molecule has 1 amide bonds. The molecule has 1 fully saturated rings. The zero-order chi connectivity index (χ0) is 15.4. The summed E-state index contributed by atoms with van der Waals surface area (Å²) in [4.78, 5) is 12.1. The lowest BCUT2D eigenvalue weighted by molar-refractivity contribution is -0.121. The molecule has 1 saturated carbocycles. The molecule has 1 aromatic heterocycles. The van der Waals surface area contributed by atoms with E-state index in [-0.39, 0.29) is 18.4 Å². The number of methoxy groups -OCH3 is 1. The highest BCUT2D eigenvalue weighted by atomic mass is 16.5. The van der Waals surface area contributed by atoms with Crippen molar-refractivity contribution in [3.8, 4) is 5.75 Å². The summed E-state index contributed by atoms with van der Waals surface area (Å²) in [5, 5.41) is 6.92. The summed E-state index contributed by atoms with van der Waals surface area (Å²) >= 11 is 0. The second-order valence-electron chi connectivity index (χ2n) is 5.73. The molecular weight excluding hydrogens is 280 g/mol. The Labute approximate surface area is 129 Å².